The van der Waals surface area contributed by atoms with E-state index >= 15 is 0 Å². The van der Waals surface area contributed by atoms with Gasteiger partial charge in [-0.2, -0.15) is 0 Å². The van der Waals surface area contributed by atoms with E-state index in [1.54, 1.807) is 12.1 Å². The molecule has 40 heavy (non-hydrogen) atoms. The van der Waals surface area contributed by atoms with Crippen LogP contribution in [-0.2, 0) is 20.5 Å². The fraction of sp³-hybridized carbons (Fsp3) is 0.429. The van der Waals surface area contributed by atoms with Gasteiger partial charge >= 0.3 is 5.97 Å². The number of benzene rings is 3. The zero-order valence-electron chi connectivity index (χ0n) is 24.6. The number of methoxy groups -OCH3 is 1. The third-order valence-corrected chi connectivity index (χ3v) is 8.55. The van der Waals surface area contributed by atoms with E-state index in [2.05, 4.69) is 67.3 Å². The van der Waals surface area contributed by atoms with E-state index in [0.29, 0.717) is 18.4 Å². The third kappa shape index (κ3) is 6.21. The van der Waals surface area contributed by atoms with Crippen molar-refractivity contribution in [2.45, 2.75) is 76.9 Å². The Balaban J connectivity index is 1.49. The van der Waals surface area contributed by atoms with Crippen LogP contribution < -0.4 is 0 Å². The Bertz CT molecular complexity index is 1250. The molecule has 212 valence electrons. The molecule has 1 N–H and O–H groups in total. The van der Waals surface area contributed by atoms with E-state index in [-0.39, 0.29) is 17.8 Å². The fourth-order valence-electron chi connectivity index (χ4n) is 5.93. The molecule has 3 aromatic carbocycles. The maximum atomic E-state index is 13.1. The molecular weight excluding hydrogens is 498 g/mol. The van der Waals surface area contributed by atoms with Crippen LogP contribution >= 0.6 is 0 Å². The molecule has 0 bridgehead atoms. The molecule has 0 radical (unpaired) electrons. The molecule has 0 aromatic heterocycles. The summed E-state index contributed by atoms with van der Waals surface area (Å²) in [6.45, 7) is 9.40. The third-order valence-electron chi connectivity index (χ3n) is 8.55. The van der Waals surface area contributed by atoms with Gasteiger partial charge in [-0.25, -0.2) is 0 Å². The SMILES string of the molecule is COC(=O)C(C)(C)c1ccc(C(=O)CCCN2CCCCC2C(O)(c2ccc(C)cc2)c2ccc(C)cc2)cc1. The second-order valence-electron chi connectivity index (χ2n) is 11.8. The van der Waals surface area contributed by atoms with Gasteiger partial charge in [-0.1, -0.05) is 90.3 Å². The van der Waals surface area contributed by atoms with Gasteiger partial charge in [0, 0.05) is 18.0 Å². The van der Waals surface area contributed by atoms with Gasteiger partial charge in [0.05, 0.1) is 12.5 Å². The standard InChI is InChI=1S/C35H43NO4/c1-25-11-17-29(18-12-25)35(39,30-19-13-26(2)14-20-30)32-10-6-7-23-36(32)24-8-9-31(37)27-15-21-28(22-16-27)34(3,4)33(38)40-5/h11-22,32,39H,6-10,23-24H2,1-5H3. The van der Waals surface area contributed by atoms with E-state index in [0.717, 1.165) is 60.2 Å². The van der Waals surface area contributed by atoms with Crippen molar-refractivity contribution in [2.24, 2.45) is 0 Å². The number of hydrogen-bond acceptors (Lipinski definition) is 5. The fourth-order valence-corrected chi connectivity index (χ4v) is 5.93. The lowest BCUT2D eigenvalue weighted by molar-refractivity contribution is -0.146. The molecule has 1 unspecified atom stereocenters. The van der Waals surface area contributed by atoms with E-state index in [9.17, 15) is 14.7 Å². The lowest BCUT2D eigenvalue weighted by atomic mass is 9.75. The number of likely N-dealkylation sites (tertiary alicyclic amines) is 1. The van der Waals surface area contributed by atoms with Crippen LogP contribution in [0.5, 0.6) is 0 Å². The van der Waals surface area contributed by atoms with Crippen molar-refractivity contribution in [3.63, 3.8) is 0 Å². The summed E-state index contributed by atoms with van der Waals surface area (Å²) < 4.78 is 4.93. The van der Waals surface area contributed by atoms with Crippen molar-refractivity contribution in [2.75, 3.05) is 20.2 Å². The number of carbonyl (C=O) groups is 2. The van der Waals surface area contributed by atoms with Crippen molar-refractivity contribution < 1.29 is 19.4 Å². The Morgan fingerprint density at radius 2 is 1.38 bits per heavy atom. The van der Waals surface area contributed by atoms with Crippen LogP contribution in [0.4, 0.5) is 0 Å². The van der Waals surface area contributed by atoms with Gasteiger partial charge in [0.1, 0.15) is 5.60 Å². The van der Waals surface area contributed by atoms with Crippen LogP contribution in [0.25, 0.3) is 0 Å². The predicted molar refractivity (Wildman–Crippen MR) is 160 cm³/mol. The number of aryl methyl sites for hydroxylation is 2. The molecular formula is C35H43NO4. The minimum atomic E-state index is -1.14. The summed E-state index contributed by atoms with van der Waals surface area (Å²) >= 11 is 0. The van der Waals surface area contributed by atoms with Gasteiger partial charge in [-0.05, 0) is 76.7 Å². The number of rotatable bonds is 10. The second kappa shape index (κ2) is 12.5. The highest BCUT2D eigenvalue weighted by atomic mass is 16.5. The molecule has 4 rings (SSSR count). The molecule has 0 spiro atoms. The van der Waals surface area contributed by atoms with Gasteiger partial charge in [0.15, 0.2) is 5.78 Å². The summed E-state index contributed by atoms with van der Waals surface area (Å²) in [6, 6.07) is 23.7. The van der Waals surface area contributed by atoms with Crippen LogP contribution in [0.2, 0.25) is 0 Å². The van der Waals surface area contributed by atoms with Crippen molar-refractivity contribution in [3.05, 3.63) is 106 Å². The topological polar surface area (TPSA) is 66.8 Å². The Morgan fingerprint density at radius 3 is 1.90 bits per heavy atom. The number of ether oxygens (including phenoxy) is 1. The average molecular weight is 542 g/mol. The molecule has 5 heteroatoms. The number of carbonyl (C=O) groups excluding carboxylic acids is 2. The second-order valence-corrected chi connectivity index (χ2v) is 11.8. The normalized spacial score (nSPS) is 16.5. The van der Waals surface area contributed by atoms with E-state index in [1.807, 2.05) is 26.0 Å². The molecule has 1 aliphatic rings. The summed E-state index contributed by atoms with van der Waals surface area (Å²) in [5, 5.41) is 12.5. The number of hydrogen-bond donors (Lipinski definition) is 1. The van der Waals surface area contributed by atoms with Crippen molar-refractivity contribution in [3.8, 4) is 0 Å². The first-order valence-electron chi connectivity index (χ1n) is 14.4. The molecule has 3 aromatic rings. The summed E-state index contributed by atoms with van der Waals surface area (Å²) in [4.78, 5) is 27.6. The predicted octanol–water partition coefficient (Wildman–Crippen LogP) is 6.51. The van der Waals surface area contributed by atoms with Crippen molar-refractivity contribution >= 4 is 11.8 Å². The van der Waals surface area contributed by atoms with Gasteiger partial charge in [-0.3, -0.25) is 14.5 Å². The average Bonchev–Trinajstić information content (AvgIpc) is 2.97. The first-order valence-corrected chi connectivity index (χ1v) is 14.4. The Morgan fingerprint density at radius 1 is 0.850 bits per heavy atom. The van der Waals surface area contributed by atoms with Crippen molar-refractivity contribution in [1.29, 1.82) is 0 Å². The number of aliphatic hydroxyl groups is 1. The molecule has 1 aliphatic heterocycles. The van der Waals surface area contributed by atoms with Crippen molar-refractivity contribution in [1.82, 2.24) is 4.90 Å². The number of ketones is 1. The van der Waals surface area contributed by atoms with Crippen LogP contribution in [0.1, 0.15) is 84.1 Å². The largest absolute Gasteiger partial charge is 0.468 e. The summed E-state index contributed by atoms with van der Waals surface area (Å²) in [6.07, 6.45) is 4.18. The Hall–Kier alpha value is -3.28. The number of nitrogens with zero attached hydrogens (tertiary/aromatic N) is 1. The van der Waals surface area contributed by atoms with Crippen LogP contribution in [0.3, 0.4) is 0 Å². The first kappa shape index (κ1) is 29.7. The number of esters is 1. The van der Waals surface area contributed by atoms with Crippen LogP contribution in [0.15, 0.2) is 72.8 Å². The van der Waals surface area contributed by atoms with Gasteiger partial charge < -0.3 is 9.84 Å². The highest BCUT2D eigenvalue weighted by Crippen LogP contribution is 2.40. The maximum Gasteiger partial charge on any atom is 0.315 e. The zero-order chi connectivity index (χ0) is 28.9. The summed E-state index contributed by atoms with van der Waals surface area (Å²) in [5.41, 5.74) is 3.69. The zero-order valence-corrected chi connectivity index (χ0v) is 24.6. The van der Waals surface area contributed by atoms with Crippen LogP contribution in [-0.4, -0.2) is 48.0 Å². The molecule has 1 heterocycles. The quantitative estimate of drug-likeness (QED) is 0.234. The lowest BCUT2D eigenvalue weighted by Crippen LogP contribution is -2.54. The van der Waals surface area contributed by atoms with E-state index in [4.69, 9.17) is 4.74 Å². The Kier molecular flexibility index (Phi) is 9.27. The highest BCUT2D eigenvalue weighted by Gasteiger charge is 2.44. The minimum Gasteiger partial charge on any atom is -0.468 e. The molecule has 1 atom stereocenters. The van der Waals surface area contributed by atoms with Crippen LogP contribution in [0, 0.1) is 13.8 Å². The monoisotopic (exact) mass is 541 g/mol. The molecule has 1 saturated heterocycles. The minimum absolute atomic E-state index is 0.0819. The first-order chi connectivity index (χ1) is 19.1. The molecule has 1 fully saturated rings. The summed E-state index contributed by atoms with van der Waals surface area (Å²) in [7, 11) is 1.39. The number of piperidine rings is 1. The maximum absolute atomic E-state index is 13.1. The highest BCUT2D eigenvalue weighted by molar-refractivity contribution is 5.96. The molecule has 5 nitrogen and oxygen atoms in total. The van der Waals surface area contributed by atoms with Gasteiger partial charge in [0.2, 0.25) is 0 Å². The Labute approximate surface area is 239 Å². The number of Topliss-reactive ketones (excluding diaryl/α,β-unsaturated/α-hetero) is 1. The molecule has 0 amide bonds. The lowest BCUT2D eigenvalue weighted by Gasteiger charge is -2.46. The van der Waals surface area contributed by atoms with E-state index in [1.165, 1.54) is 7.11 Å². The smallest absolute Gasteiger partial charge is 0.315 e. The molecule has 0 aliphatic carbocycles. The molecule has 0 saturated carbocycles. The van der Waals surface area contributed by atoms with Gasteiger partial charge in [-0.15, -0.1) is 0 Å². The van der Waals surface area contributed by atoms with Gasteiger partial charge in [0.25, 0.3) is 0 Å². The van der Waals surface area contributed by atoms with E-state index < -0.39 is 11.0 Å². The summed E-state index contributed by atoms with van der Waals surface area (Å²) in [5.74, 6) is -0.220.